The molecule has 0 aliphatic rings. The summed E-state index contributed by atoms with van der Waals surface area (Å²) in [6.07, 6.45) is 8.23. The molecule has 24 heavy (non-hydrogen) atoms. The van der Waals surface area contributed by atoms with E-state index in [1.165, 1.54) is 5.56 Å². The number of aromatic nitrogens is 4. The Bertz CT molecular complexity index is 952. The van der Waals surface area contributed by atoms with Crippen LogP contribution in [-0.2, 0) is 6.42 Å². The fraction of sp³-hybridized carbons (Fsp3) is 0.111. The van der Waals surface area contributed by atoms with E-state index in [-0.39, 0.29) is 0 Å². The van der Waals surface area contributed by atoms with Gasteiger partial charge in [-0.05, 0) is 41.6 Å². The number of nitrogens with one attached hydrogen (secondary N) is 1. The van der Waals surface area contributed by atoms with Crippen molar-refractivity contribution in [3.63, 3.8) is 0 Å². The number of benzene rings is 1. The lowest BCUT2D eigenvalue weighted by molar-refractivity contribution is 0.991. The van der Waals surface area contributed by atoms with Crippen molar-refractivity contribution in [1.82, 2.24) is 20.2 Å². The van der Waals surface area contributed by atoms with Gasteiger partial charge in [-0.15, -0.1) is 10.2 Å². The number of nitrogens with zero attached hydrogens (tertiary/aromatic N) is 4. The van der Waals surface area contributed by atoms with E-state index in [9.17, 15) is 0 Å². The van der Waals surface area contributed by atoms with Crippen LogP contribution in [0.1, 0.15) is 5.56 Å². The maximum atomic E-state index is 4.30. The molecule has 6 heteroatoms. The molecule has 0 atom stereocenters. The van der Waals surface area contributed by atoms with Crippen LogP contribution in [0.5, 0.6) is 0 Å². The van der Waals surface area contributed by atoms with Crippen molar-refractivity contribution in [2.75, 3.05) is 11.9 Å². The standard InChI is InChI=1S/C18H15N5S/c1-2-16-12-20-9-6-14(16)11-15(1)17-22-23-18(24-17)21-10-5-13-3-7-19-8-4-13/h1-4,6-9,11-12H,5,10H2,(H,21,23). The summed E-state index contributed by atoms with van der Waals surface area (Å²) in [6, 6.07) is 12.3. The minimum Gasteiger partial charge on any atom is -0.360 e. The van der Waals surface area contributed by atoms with Gasteiger partial charge >= 0.3 is 0 Å². The summed E-state index contributed by atoms with van der Waals surface area (Å²) in [7, 11) is 0. The zero-order chi connectivity index (χ0) is 16.2. The van der Waals surface area contributed by atoms with Crippen LogP contribution in [0, 0.1) is 0 Å². The highest BCUT2D eigenvalue weighted by Gasteiger charge is 2.07. The number of fused-ring (bicyclic) bond motifs is 1. The minimum absolute atomic E-state index is 0.821. The molecule has 0 amide bonds. The second kappa shape index (κ2) is 6.72. The summed E-state index contributed by atoms with van der Waals surface area (Å²) in [6.45, 7) is 0.821. The average Bonchev–Trinajstić information content (AvgIpc) is 3.11. The first kappa shape index (κ1) is 14.7. The molecule has 4 aromatic rings. The normalized spacial score (nSPS) is 10.8. The van der Waals surface area contributed by atoms with E-state index in [2.05, 4.69) is 43.7 Å². The molecular formula is C18H15N5S. The smallest absolute Gasteiger partial charge is 0.206 e. The predicted octanol–water partition coefficient (Wildman–Crippen LogP) is 3.80. The molecular weight excluding hydrogens is 318 g/mol. The number of rotatable bonds is 5. The molecule has 0 fully saturated rings. The van der Waals surface area contributed by atoms with Gasteiger partial charge in [0.1, 0.15) is 5.01 Å². The van der Waals surface area contributed by atoms with Crippen molar-refractivity contribution in [2.24, 2.45) is 0 Å². The lowest BCUT2D eigenvalue weighted by Gasteiger charge is -2.01. The Labute approximate surface area is 143 Å². The quantitative estimate of drug-likeness (QED) is 0.602. The van der Waals surface area contributed by atoms with Gasteiger partial charge in [0.05, 0.1) is 0 Å². The summed E-state index contributed by atoms with van der Waals surface area (Å²) in [4.78, 5) is 8.16. The summed E-state index contributed by atoms with van der Waals surface area (Å²) in [5.41, 5.74) is 2.33. The molecule has 0 saturated heterocycles. The highest BCUT2D eigenvalue weighted by atomic mass is 32.1. The van der Waals surface area contributed by atoms with E-state index < -0.39 is 0 Å². The first-order valence-corrected chi connectivity index (χ1v) is 8.50. The molecule has 118 valence electrons. The van der Waals surface area contributed by atoms with Crippen molar-refractivity contribution in [2.45, 2.75) is 6.42 Å². The van der Waals surface area contributed by atoms with E-state index in [0.717, 1.165) is 39.4 Å². The van der Waals surface area contributed by atoms with Gasteiger partial charge in [-0.1, -0.05) is 23.5 Å². The second-order valence-corrected chi connectivity index (χ2v) is 6.36. The molecule has 0 saturated carbocycles. The van der Waals surface area contributed by atoms with Crippen molar-refractivity contribution >= 4 is 27.2 Å². The van der Waals surface area contributed by atoms with Gasteiger partial charge in [-0.25, -0.2) is 0 Å². The van der Waals surface area contributed by atoms with Gasteiger partial charge < -0.3 is 5.32 Å². The van der Waals surface area contributed by atoms with Crippen molar-refractivity contribution in [3.8, 4) is 10.6 Å². The molecule has 3 heterocycles. The SMILES string of the molecule is c1cc(CCNc2nnc(-c3ccc4cnccc4c3)s2)ccn1. The Kier molecular flexibility index (Phi) is 4.12. The molecule has 0 aliphatic carbocycles. The van der Waals surface area contributed by atoms with Crippen LogP contribution in [-0.4, -0.2) is 26.7 Å². The van der Waals surface area contributed by atoms with Gasteiger partial charge in [0.2, 0.25) is 5.13 Å². The Morgan fingerprint density at radius 2 is 1.75 bits per heavy atom. The largest absolute Gasteiger partial charge is 0.360 e. The maximum Gasteiger partial charge on any atom is 0.206 e. The summed E-state index contributed by atoms with van der Waals surface area (Å²) in [5, 5.41) is 15.9. The molecule has 4 rings (SSSR count). The summed E-state index contributed by atoms with van der Waals surface area (Å²) < 4.78 is 0. The number of hydrogen-bond donors (Lipinski definition) is 1. The highest BCUT2D eigenvalue weighted by Crippen LogP contribution is 2.28. The molecule has 1 N–H and O–H groups in total. The van der Waals surface area contributed by atoms with Gasteiger partial charge in [0, 0.05) is 42.3 Å². The van der Waals surface area contributed by atoms with E-state index in [0.29, 0.717) is 0 Å². The van der Waals surface area contributed by atoms with E-state index in [4.69, 9.17) is 0 Å². The van der Waals surface area contributed by atoms with Crippen LogP contribution < -0.4 is 5.32 Å². The lowest BCUT2D eigenvalue weighted by atomic mass is 10.1. The number of anilines is 1. The molecule has 0 radical (unpaired) electrons. The van der Waals surface area contributed by atoms with Gasteiger partial charge in [-0.3, -0.25) is 9.97 Å². The molecule has 0 bridgehead atoms. The third kappa shape index (κ3) is 3.23. The van der Waals surface area contributed by atoms with Crippen molar-refractivity contribution in [1.29, 1.82) is 0 Å². The molecule has 3 aromatic heterocycles. The zero-order valence-electron chi connectivity index (χ0n) is 12.9. The summed E-state index contributed by atoms with van der Waals surface area (Å²) >= 11 is 1.57. The topological polar surface area (TPSA) is 63.6 Å². The third-order valence-corrected chi connectivity index (χ3v) is 4.68. The van der Waals surface area contributed by atoms with E-state index >= 15 is 0 Å². The predicted molar refractivity (Wildman–Crippen MR) is 97.1 cm³/mol. The van der Waals surface area contributed by atoms with Crippen LogP contribution in [0.4, 0.5) is 5.13 Å². The lowest BCUT2D eigenvalue weighted by Crippen LogP contribution is -2.04. The molecule has 0 aliphatic heterocycles. The van der Waals surface area contributed by atoms with Crippen LogP contribution in [0.3, 0.4) is 0 Å². The fourth-order valence-corrected chi connectivity index (χ4v) is 3.26. The zero-order valence-corrected chi connectivity index (χ0v) is 13.7. The molecule has 0 unspecified atom stereocenters. The number of pyridine rings is 2. The van der Waals surface area contributed by atoms with Crippen LogP contribution >= 0.6 is 11.3 Å². The molecule has 1 aromatic carbocycles. The average molecular weight is 333 g/mol. The van der Waals surface area contributed by atoms with Crippen LogP contribution in [0.2, 0.25) is 0 Å². The van der Waals surface area contributed by atoms with Gasteiger partial charge in [-0.2, -0.15) is 0 Å². The van der Waals surface area contributed by atoms with E-state index in [1.54, 1.807) is 17.5 Å². The third-order valence-electron chi connectivity index (χ3n) is 3.75. The Morgan fingerprint density at radius 1 is 0.875 bits per heavy atom. The van der Waals surface area contributed by atoms with E-state index in [1.807, 2.05) is 36.8 Å². The maximum absolute atomic E-state index is 4.30. The number of hydrogen-bond acceptors (Lipinski definition) is 6. The second-order valence-electron chi connectivity index (χ2n) is 5.38. The first-order chi connectivity index (χ1) is 11.9. The van der Waals surface area contributed by atoms with Crippen LogP contribution in [0.25, 0.3) is 21.3 Å². The van der Waals surface area contributed by atoms with Gasteiger partial charge in [0.15, 0.2) is 0 Å². The Hall–Kier alpha value is -2.86. The first-order valence-electron chi connectivity index (χ1n) is 7.69. The summed E-state index contributed by atoms with van der Waals surface area (Å²) in [5.74, 6) is 0. The molecule has 0 spiro atoms. The van der Waals surface area contributed by atoms with Gasteiger partial charge in [0.25, 0.3) is 0 Å². The highest BCUT2D eigenvalue weighted by molar-refractivity contribution is 7.18. The van der Waals surface area contributed by atoms with Crippen molar-refractivity contribution in [3.05, 3.63) is 66.7 Å². The Balaban J connectivity index is 1.45. The molecule has 5 nitrogen and oxygen atoms in total. The monoisotopic (exact) mass is 333 g/mol. The van der Waals surface area contributed by atoms with Crippen LogP contribution in [0.15, 0.2) is 61.2 Å². The van der Waals surface area contributed by atoms with Crippen molar-refractivity contribution < 1.29 is 0 Å². The Morgan fingerprint density at radius 3 is 2.67 bits per heavy atom. The minimum atomic E-state index is 0.821. The fourth-order valence-electron chi connectivity index (χ4n) is 2.49.